The topological polar surface area (TPSA) is 72.3 Å². The fourth-order valence-corrected chi connectivity index (χ4v) is 1.97. The molecule has 104 valence electrons. The summed E-state index contributed by atoms with van der Waals surface area (Å²) in [5.74, 6) is -0.208. The number of hydrogen-bond acceptors (Lipinski definition) is 4. The van der Waals surface area contributed by atoms with Crippen molar-refractivity contribution >= 4 is 17.0 Å². The van der Waals surface area contributed by atoms with Crippen LogP contribution in [0.4, 0.5) is 0 Å². The third kappa shape index (κ3) is 2.67. The molecule has 0 fully saturated rings. The Labute approximate surface area is 120 Å². The number of carbonyl (C=O) groups is 1. The number of aryl methyl sites for hydroxylation is 1. The van der Waals surface area contributed by atoms with Gasteiger partial charge in [0.05, 0.1) is 16.6 Å². The summed E-state index contributed by atoms with van der Waals surface area (Å²) < 4.78 is 5.67. The summed E-state index contributed by atoms with van der Waals surface area (Å²) in [4.78, 5) is 19.8. The Balaban J connectivity index is 1.99. The summed E-state index contributed by atoms with van der Waals surface area (Å²) >= 11 is 0. The summed E-state index contributed by atoms with van der Waals surface area (Å²) in [5.41, 5.74) is 2.34. The number of fused-ring (bicyclic) bond motifs is 1. The van der Waals surface area contributed by atoms with E-state index in [2.05, 4.69) is 9.97 Å². The minimum atomic E-state index is -0.998. The molecule has 0 aliphatic heterocycles. The number of ether oxygens (including phenoxy) is 1. The summed E-state index contributed by atoms with van der Waals surface area (Å²) in [6.07, 6.45) is 0. The molecule has 2 aromatic carbocycles. The van der Waals surface area contributed by atoms with Gasteiger partial charge in [-0.25, -0.2) is 14.8 Å². The Morgan fingerprint density at radius 3 is 2.48 bits per heavy atom. The van der Waals surface area contributed by atoms with Gasteiger partial charge in [0.25, 0.3) is 0 Å². The van der Waals surface area contributed by atoms with Crippen LogP contribution < -0.4 is 4.74 Å². The third-order valence-electron chi connectivity index (χ3n) is 3.00. The fraction of sp³-hybridized carbons (Fsp3) is 0.0625. The lowest BCUT2D eigenvalue weighted by molar-refractivity contribution is 0.0696. The monoisotopic (exact) mass is 280 g/mol. The number of hydrogen-bond donors (Lipinski definition) is 1. The van der Waals surface area contributed by atoms with Crippen molar-refractivity contribution in [1.29, 1.82) is 0 Å². The molecule has 0 atom stereocenters. The lowest BCUT2D eigenvalue weighted by Crippen LogP contribution is -1.98. The van der Waals surface area contributed by atoms with Crippen molar-refractivity contribution in [3.05, 3.63) is 59.8 Å². The van der Waals surface area contributed by atoms with Crippen molar-refractivity contribution in [2.75, 3.05) is 0 Å². The number of carboxylic acid groups (broad SMARTS) is 1. The Kier molecular flexibility index (Phi) is 3.23. The van der Waals surface area contributed by atoms with E-state index in [1.165, 1.54) is 12.1 Å². The molecule has 0 saturated carbocycles. The minimum absolute atomic E-state index is 0.166. The molecule has 0 aliphatic rings. The number of para-hydroxylation sites is 2. The normalized spacial score (nSPS) is 10.5. The van der Waals surface area contributed by atoms with Gasteiger partial charge >= 0.3 is 5.97 Å². The molecule has 3 aromatic rings. The Morgan fingerprint density at radius 1 is 1.05 bits per heavy atom. The smallest absolute Gasteiger partial charge is 0.335 e. The van der Waals surface area contributed by atoms with Crippen LogP contribution in [0.5, 0.6) is 11.6 Å². The van der Waals surface area contributed by atoms with E-state index in [1.54, 1.807) is 19.1 Å². The van der Waals surface area contributed by atoms with Crippen molar-refractivity contribution in [2.24, 2.45) is 0 Å². The molecule has 0 spiro atoms. The molecule has 0 bridgehead atoms. The average molecular weight is 280 g/mol. The SMILES string of the molecule is Cc1nc2ccccc2nc1Oc1cccc(C(=O)O)c1. The van der Waals surface area contributed by atoms with Crippen molar-refractivity contribution < 1.29 is 14.6 Å². The maximum absolute atomic E-state index is 11.0. The second kappa shape index (κ2) is 5.20. The average Bonchev–Trinajstić information content (AvgIpc) is 2.48. The molecule has 0 saturated heterocycles. The maximum atomic E-state index is 11.0. The van der Waals surface area contributed by atoms with Gasteiger partial charge in [0.15, 0.2) is 0 Å². The largest absolute Gasteiger partial charge is 0.478 e. The zero-order valence-corrected chi connectivity index (χ0v) is 11.3. The lowest BCUT2D eigenvalue weighted by Gasteiger charge is -2.08. The van der Waals surface area contributed by atoms with Gasteiger partial charge in [-0.2, -0.15) is 0 Å². The number of carboxylic acids is 1. The predicted molar refractivity (Wildman–Crippen MR) is 77.8 cm³/mol. The van der Waals surface area contributed by atoms with E-state index in [0.717, 1.165) is 11.0 Å². The zero-order valence-electron chi connectivity index (χ0n) is 11.3. The van der Waals surface area contributed by atoms with E-state index in [4.69, 9.17) is 9.84 Å². The van der Waals surface area contributed by atoms with Crippen LogP contribution in [0.3, 0.4) is 0 Å². The van der Waals surface area contributed by atoms with Gasteiger partial charge in [-0.05, 0) is 37.3 Å². The summed E-state index contributed by atoms with van der Waals surface area (Å²) in [7, 11) is 0. The van der Waals surface area contributed by atoms with Gasteiger partial charge < -0.3 is 9.84 Å². The highest BCUT2D eigenvalue weighted by Gasteiger charge is 2.09. The van der Waals surface area contributed by atoms with Crippen LogP contribution >= 0.6 is 0 Å². The molecule has 5 nitrogen and oxygen atoms in total. The molecule has 0 radical (unpaired) electrons. The van der Waals surface area contributed by atoms with Gasteiger partial charge in [0.1, 0.15) is 11.4 Å². The zero-order chi connectivity index (χ0) is 14.8. The van der Waals surface area contributed by atoms with Gasteiger partial charge in [-0.15, -0.1) is 0 Å². The predicted octanol–water partition coefficient (Wildman–Crippen LogP) is 3.43. The van der Waals surface area contributed by atoms with Crippen LogP contribution in [-0.2, 0) is 0 Å². The molecule has 0 unspecified atom stereocenters. The molecule has 0 aliphatic carbocycles. The Hall–Kier alpha value is -2.95. The highest BCUT2D eigenvalue weighted by atomic mass is 16.5. The van der Waals surface area contributed by atoms with Crippen LogP contribution in [0, 0.1) is 6.92 Å². The number of aromatic nitrogens is 2. The number of aromatic carboxylic acids is 1. The summed E-state index contributed by atoms with van der Waals surface area (Å²) in [5, 5.41) is 8.99. The molecule has 21 heavy (non-hydrogen) atoms. The second-order valence-electron chi connectivity index (χ2n) is 4.54. The standard InChI is InChI=1S/C16H12N2O3/c1-10-15(18-14-8-3-2-7-13(14)17-10)21-12-6-4-5-11(9-12)16(19)20/h2-9H,1H3,(H,19,20). The van der Waals surface area contributed by atoms with Crippen molar-refractivity contribution in [3.8, 4) is 11.6 Å². The molecular weight excluding hydrogens is 268 g/mol. The molecule has 5 heteroatoms. The van der Waals surface area contributed by atoms with Crippen LogP contribution in [0.1, 0.15) is 16.1 Å². The van der Waals surface area contributed by atoms with Crippen molar-refractivity contribution in [1.82, 2.24) is 9.97 Å². The third-order valence-corrected chi connectivity index (χ3v) is 3.00. The Bertz CT molecular complexity index is 831. The molecule has 1 heterocycles. The Morgan fingerprint density at radius 2 is 1.76 bits per heavy atom. The number of benzene rings is 2. The van der Waals surface area contributed by atoms with Gasteiger partial charge in [-0.3, -0.25) is 0 Å². The molecular formula is C16H12N2O3. The first-order valence-corrected chi connectivity index (χ1v) is 6.38. The highest BCUT2D eigenvalue weighted by molar-refractivity contribution is 5.88. The number of rotatable bonds is 3. The van der Waals surface area contributed by atoms with Gasteiger partial charge in [-0.1, -0.05) is 18.2 Å². The summed E-state index contributed by atoms with van der Waals surface area (Å²) in [6, 6.07) is 13.8. The van der Waals surface area contributed by atoms with Crippen molar-refractivity contribution in [3.63, 3.8) is 0 Å². The molecule has 1 aromatic heterocycles. The van der Waals surface area contributed by atoms with E-state index >= 15 is 0 Å². The highest BCUT2D eigenvalue weighted by Crippen LogP contribution is 2.24. The van der Waals surface area contributed by atoms with Crippen LogP contribution in [-0.4, -0.2) is 21.0 Å². The minimum Gasteiger partial charge on any atom is -0.478 e. The first-order chi connectivity index (χ1) is 10.1. The maximum Gasteiger partial charge on any atom is 0.335 e. The van der Waals surface area contributed by atoms with E-state index in [0.29, 0.717) is 17.3 Å². The van der Waals surface area contributed by atoms with Crippen molar-refractivity contribution in [2.45, 2.75) is 6.92 Å². The second-order valence-corrected chi connectivity index (χ2v) is 4.54. The molecule has 0 amide bonds. The fourth-order valence-electron chi connectivity index (χ4n) is 1.97. The number of nitrogens with zero attached hydrogens (tertiary/aromatic N) is 2. The van der Waals surface area contributed by atoms with Crippen LogP contribution in [0.15, 0.2) is 48.5 Å². The van der Waals surface area contributed by atoms with E-state index in [-0.39, 0.29) is 5.56 Å². The van der Waals surface area contributed by atoms with E-state index in [1.807, 2.05) is 24.3 Å². The van der Waals surface area contributed by atoms with Crippen LogP contribution in [0.2, 0.25) is 0 Å². The molecule has 1 N–H and O–H groups in total. The molecule has 3 rings (SSSR count). The first kappa shape index (κ1) is 13.1. The lowest BCUT2D eigenvalue weighted by atomic mass is 10.2. The van der Waals surface area contributed by atoms with Gasteiger partial charge in [0.2, 0.25) is 5.88 Å². The van der Waals surface area contributed by atoms with E-state index in [9.17, 15) is 4.79 Å². The van der Waals surface area contributed by atoms with E-state index < -0.39 is 5.97 Å². The van der Waals surface area contributed by atoms with Gasteiger partial charge in [0, 0.05) is 0 Å². The van der Waals surface area contributed by atoms with Crippen LogP contribution in [0.25, 0.3) is 11.0 Å². The summed E-state index contributed by atoms with van der Waals surface area (Å²) in [6.45, 7) is 1.80. The quantitative estimate of drug-likeness (QED) is 0.795. The first-order valence-electron chi connectivity index (χ1n) is 6.38.